The molecule has 30 heavy (non-hydrogen) atoms. The van der Waals surface area contributed by atoms with Gasteiger partial charge in [-0.05, 0) is 35.7 Å². The summed E-state index contributed by atoms with van der Waals surface area (Å²) in [7, 11) is 0. The highest BCUT2D eigenvalue weighted by Gasteiger charge is 2.31. The van der Waals surface area contributed by atoms with Crippen LogP contribution in [0.2, 0.25) is 5.02 Å². The van der Waals surface area contributed by atoms with E-state index in [9.17, 15) is 9.90 Å². The Balaban J connectivity index is 1.42. The number of carbonyl (C=O) groups is 1. The molecule has 0 saturated heterocycles. The van der Waals surface area contributed by atoms with Gasteiger partial charge in [-0.15, -0.1) is 0 Å². The van der Waals surface area contributed by atoms with Crippen molar-refractivity contribution in [2.24, 2.45) is 0 Å². The summed E-state index contributed by atoms with van der Waals surface area (Å²) in [6, 6.07) is 11.2. The molecule has 7 nitrogen and oxygen atoms in total. The number of nitrogens with zero attached hydrogens (tertiary/aromatic N) is 3. The van der Waals surface area contributed by atoms with E-state index in [-0.39, 0.29) is 30.7 Å². The van der Waals surface area contributed by atoms with Crippen LogP contribution in [0.25, 0.3) is 6.08 Å². The van der Waals surface area contributed by atoms with Crippen molar-refractivity contribution in [3.05, 3.63) is 75.9 Å². The molecule has 0 atom stereocenters. The molecule has 3 aromatic rings. The van der Waals surface area contributed by atoms with E-state index in [0.29, 0.717) is 22.2 Å². The molecular formula is C22H17ClN4O3. The lowest BCUT2D eigenvalue weighted by atomic mass is 10.1. The van der Waals surface area contributed by atoms with E-state index in [1.54, 1.807) is 18.2 Å². The fourth-order valence-electron chi connectivity index (χ4n) is 3.62. The predicted molar refractivity (Wildman–Crippen MR) is 114 cm³/mol. The van der Waals surface area contributed by atoms with Crippen LogP contribution in [0.1, 0.15) is 27.0 Å². The minimum Gasteiger partial charge on any atom is -0.455 e. The third-order valence-electron chi connectivity index (χ3n) is 5.11. The van der Waals surface area contributed by atoms with Gasteiger partial charge in [0.2, 0.25) is 11.8 Å². The summed E-state index contributed by atoms with van der Waals surface area (Å²) in [6.45, 7) is -0.315. The number of ether oxygens (including phenoxy) is 1. The van der Waals surface area contributed by atoms with Crippen molar-refractivity contribution in [1.29, 1.82) is 0 Å². The molecule has 1 amide bonds. The standard InChI is InChI=1S/C22H17ClN4O3/c23-18-6-2-5-15(11-28)19(18)27-12-30-20-17(21(27)29)10-24-22(26-20)25-16-8-7-13-3-1-4-14(13)9-16/h1-2,4-10,28H,3,11-12H2,(H,24,25,26). The third-order valence-corrected chi connectivity index (χ3v) is 5.41. The van der Waals surface area contributed by atoms with Gasteiger partial charge in [-0.2, -0.15) is 4.98 Å². The third kappa shape index (κ3) is 3.18. The van der Waals surface area contributed by atoms with Crippen LogP contribution in [0.4, 0.5) is 17.3 Å². The van der Waals surface area contributed by atoms with Crippen LogP contribution in [0, 0.1) is 0 Å². The monoisotopic (exact) mass is 420 g/mol. The Labute approximate surface area is 177 Å². The quantitative estimate of drug-likeness (QED) is 0.665. The van der Waals surface area contributed by atoms with E-state index in [1.165, 1.54) is 22.2 Å². The van der Waals surface area contributed by atoms with Crippen LogP contribution in [0.3, 0.4) is 0 Å². The Hall–Kier alpha value is -3.42. The zero-order valence-electron chi connectivity index (χ0n) is 15.8. The molecule has 1 aromatic heterocycles. The number of aliphatic hydroxyl groups is 1. The van der Waals surface area contributed by atoms with Crippen molar-refractivity contribution in [2.75, 3.05) is 16.9 Å². The average molecular weight is 421 g/mol. The summed E-state index contributed by atoms with van der Waals surface area (Å²) < 4.78 is 5.73. The van der Waals surface area contributed by atoms with Crippen LogP contribution in [-0.2, 0) is 13.0 Å². The molecule has 8 heteroatoms. The number of hydrogen-bond donors (Lipinski definition) is 2. The van der Waals surface area contributed by atoms with E-state index < -0.39 is 0 Å². The lowest BCUT2D eigenvalue weighted by Gasteiger charge is -2.29. The molecule has 2 N–H and O–H groups in total. The van der Waals surface area contributed by atoms with Crippen LogP contribution < -0.4 is 15.0 Å². The molecular weight excluding hydrogens is 404 g/mol. The van der Waals surface area contributed by atoms with Gasteiger partial charge in [0, 0.05) is 17.4 Å². The number of fused-ring (bicyclic) bond motifs is 2. The Morgan fingerprint density at radius 2 is 2.17 bits per heavy atom. The van der Waals surface area contributed by atoms with Gasteiger partial charge in [-0.25, -0.2) is 4.98 Å². The number of para-hydroxylation sites is 1. The van der Waals surface area contributed by atoms with Gasteiger partial charge < -0.3 is 15.2 Å². The lowest BCUT2D eigenvalue weighted by molar-refractivity contribution is 0.0932. The molecule has 0 fully saturated rings. The largest absolute Gasteiger partial charge is 0.455 e. The minimum atomic E-state index is -0.340. The highest BCUT2D eigenvalue weighted by atomic mass is 35.5. The number of nitrogens with one attached hydrogen (secondary N) is 1. The number of benzene rings is 2. The summed E-state index contributed by atoms with van der Waals surface area (Å²) in [5.41, 5.74) is 4.49. The van der Waals surface area contributed by atoms with Gasteiger partial charge in [0.15, 0.2) is 6.73 Å². The number of anilines is 3. The van der Waals surface area contributed by atoms with Crippen LogP contribution in [0.15, 0.2) is 48.7 Å². The number of carbonyl (C=O) groups excluding carboxylic acids is 1. The fourth-order valence-corrected chi connectivity index (χ4v) is 3.92. The van der Waals surface area contributed by atoms with Crippen molar-refractivity contribution >= 4 is 40.9 Å². The zero-order valence-corrected chi connectivity index (χ0v) is 16.6. The summed E-state index contributed by atoms with van der Waals surface area (Å²) in [6.07, 6.45) is 6.58. The second kappa shape index (κ2) is 7.44. The molecule has 0 bridgehead atoms. The smallest absolute Gasteiger partial charge is 0.268 e. The van der Waals surface area contributed by atoms with Crippen LogP contribution in [-0.4, -0.2) is 27.7 Å². The fraction of sp³-hybridized carbons (Fsp3) is 0.136. The molecule has 0 saturated carbocycles. The first-order chi connectivity index (χ1) is 14.6. The van der Waals surface area contributed by atoms with E-state index in [2.05, 4.69) is 33.5 Å². The van der Waals surface area contributed by atoms with Crippen molar-refractivity contribution in [3.63, 3.8) is 0 Å². The van der Waals surface area contributed by atoms with Crippen molar-refractivity contribution < 1.29 is 14.6 Å². The Kier molecular flexibility index (Phi) is 4.61. The summed E-state index contributed by atoms with van der Waals surface area (Å²) in [4.78, 5) is 23.0. The maximum absolute atomic E-state index is 13.0. The van der Waals surface area contributed by atoms with E-state index in [1.807, 2.05) is 12.1 Å². The van der Waals surface area contributed by atoms with E-state index >= 15 is 0 Å². The topological polar surface area (TPSA) is 87.6 Å². The SMILES string of the molecule is O=C1c2cnc(Nc3ccc4c(c3)C=CC4)nc2OCN1c1c(Cl)cccc1CO. The first kappa shape index (κ1) is 18.6. The first-order valence-corrected chi connectivity index (χ1v) is 9.78. The normalized spacial score (nSPS) is 14.3. The first-order valence-electron chi connectivity index (χ1n) is 9.40. The van der Waals surface area contributed by atoms with Crippen molar-refractivity contribution in [2.45, 2.75) is 13.0 Å². The zero-order chi connectivity index (χ0) is 20.7. The molecule has 0 radical (unpaired) electrons. The van der Waals surface area contributed by atoms with Crippen LogP contribution in [0.5, 0.6) is 5.88 Å². The van der Waals surface area contributed by atoms with E-state index in [4.69, 9.17) is 16.3 Å². The number of hydrogen-bond acceptors (Lipinski definition) is 6. The molecule has 2 aromatic carbocycles. The summed E-state index contributed by atoms with van der Waals surface area (Å²) in [5.74, 6) is 0.200. The number of amides is 1. The molecule has 0 spiro atoms. The average Bonchev–Trinajstić information content (AvgIpc) is 3.22. The maximum Gasteiger partial charge on any atom is 0.268 e. The number of halogens is 1. The van der Waals surface area contributed by atoms with Gasteiger partial charge >= 0.3 is 0 Å². The van der Waals surface area contributed by atoms with Gasteiger partial charge in [-0.3, -0.25) is 9.69 Å². The van der Waals surface area contributed by atoms with Crippen molar-refractivity contribution in [1.82, 2.24) is 9.97 Å². The highest BCUT2D eigenvalue weighted by Crippen LogP contribution is 2.35. The molecule has 2 aliphatic rings. The number of allylic oxidation sites excluding steroid dienone is 1. The molecule has 150 valence electrons. The molecule has 1 aliphatic heterocycles. The summed E-state index contributed by atoms with van der Waals surface area (Å²) in [5, 5.41) is 13.1. The minimum absolute atomic E-state index is 0.0668. The Morgan fingerprint density at radius 3 is 3.03 bits per heavy atom. The second-order valence-corrected chi connectivity index (χ2v) is 7.38. The van der Waals surface area contributed by atoms with Crippen LogP contribution >= 0.6 is 11.6 Å². The molecule has 2 heterocycles. The number of aromatic nitrogens is 2. The Morgan fingerprint density at radius 1 is 1.27 bits per heavy atom. The maximum atomic E-state index is 13.0. The number of rotatable bonds is 4. The van der Waals surface area contributed by atoms with E-state index in [0.717, 1.165) is 12.1 Å². The Bertz CT molecular complexity index is 1190. The van der Waals surface area contributed by atoms with Crippen molar-refractivity contribution in [3.8, 4) is 5.88 Å². The molecule has 0 unspecified atom stereocenters. The summed E-state index contributed by atoms with van der Waals surface area (Å²) >= 11 is 6.28. The van der Waals surface area contributed by atoms with Gasteiger partial charge in [0.05, 0.1) is 17.3 Å². The highest BCUT2D eigenvalue weighted by molar-refractivity contribution is 6.34. The molecule has 5 rings (SSSR count). The van der Waals surface area contributed by atoms with Gasteiger partial charge in [-0.1, -0.05) is 42.0 Å². The molecule has 1 aliphatic carbocycles. The second-order valence-electron chi connectivity index (χ2n) is 6.97. The van der Waals surface area contributed by atoms with Gasteiger partial charge in [0.25, 0.3) is 5.91 Å². The lowest BCUT2D eigenvalue weighted by Crippen LogP contribution is -2.40. The predicted octanol–water partition coefficient (Wildman–Crippen LogP) is 3.93. The van der Waals surface area contributed by atoms with Gasteiger partial charge in [0.1, 0.15) is 5.56 Å². The number of aliphatic hydroxyl groups excluding tert-OH is 1.